The average Bonchev–Trinajstić information content (AvgIpc) is 2.73. The first-order valence-corrected chi connectivity index (χ1v) is 10.7. The van der Waals surface area contributed by atoms with E-state index in [2.05, 4.69) is 5.18 Å². The molecule has 0 spiro atoms. The van der Waals surface area contributed by atoms with E-state index in [0.717, 1.165) is 6.42 Å². The van der Waals surface area contributed by atoms with Gasteiger partial charge in [0.05, 0.1) is 24.7 Å². The smallest absolute Gasteiger partial charge is 0.307 e. The summed E-state index contributed by atoms with van der Waals surface area (Å²) in [5, 5.41) is 22.9. The zero-order valence-electron chi connectivity index (χ0n) is 17.8. The van der Waals surface area contributed by atoms with Gasteiger partial charge in [-0.3, -0.25) is 4.79 Å². The van der Waals surface area contributed by atoms with Crippen LogP contribution in [0.1, 0.15) is 55.8 Å². The maximum atomic E-state index is 11.1. The number of phenolic OH excluding ortho intramolecular Hbond substituents is 1. The summed E-state index contributed by atoms with van der Waals surface area (Å²) in [6, 6.07) is 7.79. The van der Waals surface area contributed by atoms with Crippen molar-refractivity contribution in [1.29, 1.82) is 0 Å². The molecule has 0 aromatic heterocycles. The lowest BCUT2D eigenvalue weighted by Crippen LogP contribution is -2.07. The van der Waals surface area contributed by atoms with Crippen molar-refractivity contribution in [3.8, 4) is 17.2 Å². The molecule has 0 aliphatic carbocycles. The highest BCUT2D eigenvalue weighted by molar-refractivity contribution is 6.32. The SMILES string of the molecule is CCCc1c(OCCCOc2ccc(CC(=O)O)cc2Cl)ccc(C(CC)N=O)c1O. The lowest BCUT2D eigenvalue weighted by molar-refractivity contribution is -0.136. The van der Waals surface area contributed by atoms with Gasteiger partial charge in [0.1, 0.15) is 23.3 Å². The molecule has 0 saturated carbocycles. The number of aromatic hydroxyl groups is 1. The topological polar surface area (TPSA) is 105 Å². The Bertz CT molecular complexity index is 902. The fourth-order valence-electron chi connectivity index (χ4n) is 3.25. The van der Waals surface area contributed by atoms with Crippen LogP contribution in [0, 0.1) is 4.91 Å². The number of benzene rings is 2. The number of rotatable bonds is 13. The quantitative estimate of drug-likeness (QED) is 0.300. The molecule has 2 rings (SSSR count). The van der Waals surface area contributed by atoms with Crippen molar-refractivity contribution in [2.45, 2.75) is 52.0 Å². The number of hydrogen-bond donors (Lipinski definition) is 2. The van der Waals surface area contributed by atoms with E-state index in [9.17, 15) is 14.8 Å². The normalized spacial score (nSPS) is 11.7. The molecule has 0 heterocycles. The molecule has 0 saturated heterocycles. The van der Waals surface area contributed by atoms with Crippen LogP contribution in [0.25, 0.3) is 0 Å². The van der Waals surface area contributed by atoms with Gasteiger partial charge in [0, 0.05) is 17.5 Å². The molecular formula is C23H28ClNO6. The number of ether oxygens (including phenoxy) is 2. The first-order chi connectivity index (χ1) is 14.9. The van der Waals surface area contributed by atoms with Crippen molar-refractivity contribution < 1.29 is 24.5 Å². The highest BCUT2D eigenvalue weighted by Gasteiger charge is 2.19. The van der Waals surface area contributed by atoms with Gasteiger partial charge in [-0.1, -0.05) is 43.1 Å². The van der Waals surface area contributed by atoms with Crippen molar-refractivity contribution in [2.75, 3.05) is 13.2 Å². The van der Waals surface area contributed by atoms with Crippen LogP contribution < -0.4 is 9.47 Å². The summed E-state index contributed by atoms with van der Waals surface area (Å²) >= 11 is 6.15. The molecule has 0 bridgehead atoms. The van der Waals surface area contributed by atoms with Crippen molar-refractivity contribution in [2.24, 2.45) is 5.18 Å². The van der Waals surface area contributed by atoms with E-state index in [0.29, 0.717) is 65.7 Å². The number of aliphatic carboxylic acids is 1. The Kier molecular flexibility index (Phi) is 9.59. The molecule has 168 valence electrons. The number of nitroso groups, excluding NO2 is 1. The van der Waals surface area contributed by atoms with Crippen molar-refractivity contribution in [3.05, 3.63) is 57.0 Å². The standard InChI is InChI=1S/C23H28ClNO6/c1-3-6-17-20(10-8-16(23(17)28)19(4-2)25-29)30-11-5-12-31-21-9-7-15(13-18(21)24)14-22(26)27/h7-10,13,19,28H,3-6,11-12,14H2,1-2H3,(H,26,27). The Morgan fingerprint density at radius 3 is 2.39 bits per heavy atom. The van der Waals surface area contributed by atoms with Crippen LogP contribution in [-0.2, 0) is 17.6 Å². The zero-order valence-corrected chi connectivity index (χ0v) is 18.5. The van der Waals surface area contributed by atoms with Gasteiger partial charge < -0.3 is 19.7 Å². The fourth-order valence-corrected chi connectivity index (χ4v) is 3.51. The zero-order chi connectivity index (χ0) is 22.8. The van der Waals surface area contributed by atoms with Gasteiger partial charge in [-0.25, -0.2) is 0 Å². The van der Waals surface area contributed by atoms with Gasteiger partial charge in [-0.15, -0.1) is 0 Å². The summed E-state index contributed by atoms with van der Waals surface area (Å²) in [4.78, 5) is 21.8. The number of carboxylic acids is 1. The minimum atomic E-state index is -0.920. The Hall–Kier alpha value is -2.80. The third kappa shape index (κ3) is 6.85. The van der Waals surface area contributed by atoms with Crippen molar-refractivity contribution in [1.82, 2.24) is 0 Å². The number of hydrogen-bond acceptors (Lipinski definition) is 6. The third-order valence-corrected chi connectivity index (χ3v) is 5.09. The maximum absolute atomic E-state index is 11.1. The first kappa shape index (κ1) is 24.5. The van der Waals surface area contributed by atoms with Crippen LogP contribution in [-0.4, -0.2) is 29.4 Å². The second kappa shape index (κ2) is 12.2. The summed E-state index contributed by atoms with van der Waals surface area (Å²) in [5.41, 5.74) is 1.81. The molecule has 1 unspecified atom stereocenters. The molecule has 8 heteroatoms. The Morgan fingerprint density at radius 2 is 1.81 bits per heavy atom. The first-order valence-electron chi connectivity index (χ1n) is 10.3. The number of nitrogens with zero attached hydrogens (tertiary/aromatic N) is 1. The van der Waals surface area contributed by atoms with Crippen LogP contribution in [0.5, 0.6) is 17.2 Å². The molecule has 7 nitrogen and oxygen atoms in total. The van der Waals surface area contributed by atoms with Crippen molar-refractivity contribution >= 4 is 17.6 Å². The van der Waals surface area contributed by atoms with Crippen LogP contribution >= 0.6 is 11.6 Å². The Balaban J connectivity index is 1.94. The van der Waals surface area contributed by atoms with E-state index >= 15 is 0 Å². The van der Waals surface area contributed by atoms with Crippen molar-refractivity contribution in [3.63, 3.8) is 0 Å². The summed E-state index contributed by atoms with van der Waals surface area (Å²) in [7, 11) is 0. The molecule has 2 aromatic rings. The third-order valence-electron chi connectivity index (χ3n) is 4.80. The Morgan fingerprint density at radius 1 is 1.13 bits per heavy atom. The van der Waals surface area contributed by atoms with Gasteiger partial charge in [0.25, 0.3) is 0 Å². The summed E-state index contributed by atoms with van der Waals surface area (Å²) < 4.78 is 11.5. The molecular weight excluding hydrogens is 422 g/mol. The summed E-state index contributed by atoms with van der Waals surface area (Å²) in [6.45, 7) is 4.58. The fraction of sp³-hybridized carbons (Fsp3) is 0.435. The highest BCUT2D eigenvalue weighted by Crippen LogP contribution is 2.38. The molecule has 1 atom stereocenters. The number of carbonyl (C=O) groups is 1. The van der Waals surface area contributed by atoms with E-state index in [4.69, 9.17) is 26.2 Å². The van der Waals surface area contributed by atoms with E-state index in [1.54, 1.807) is 30.3 Å². The minimum Gasteiger partial charge on any atom is -0.507 e. The van der Waals surface area contributed by atoms with Crippen LogP contribution in [0.4, 0.5) is 0 Å². The lowest BCUT2D eigenvalue weighted by Gasteiger charge is -2.17. The minimum absolute atomic E-state index is 0.0790. The predicted octanol–water partition coefficient (Wildman–Crippen LogP) is 5.69. The number of carboxylic acid groups (broad SMARTS) is 1. The van der Waals surface area contributed by atoms with Gasteiger partial charge in [-0.05, 0) is 42.7 Å². The molecule has 2 aromatic carbocycles. The van der Waals surface area contributed by atoms with Gasteiger partial charge in [0.15, 0.2) is 0 Å². The largest absolute Gasteiger partial charge is 0.507 e. The number of halogens is 1. The van der Waals surface area contributed by atoms with Crippen LogP contribution in [0.3, 0.4) is 0 Å². The predicted molar refractivity (Wildman–Crippen MR) is 119 cm³/mol. The molecule has 0 amide bonds. The molecule has 31 heavy (non-hydrogen) atoms. The lowest BCUT2D eigenvalue weighted by atomic mass is 9.98. The molecule has 0 aliphatic heterocycles. The second-order valence-electron chi connectivity index (χ2n) is 7.15. The van der Waals surface area contributed by atoms with E-state index < -0.39 is 12.0 Å². The molecule has 0 radical (unpaired) electrons. The molecule has 0 fully saturated rings. The molecule has 0 aliphatic rings. The summed E-state index contributed by atoms with van der Waals surface area (Å²) in [5.74, 6) is 0.225. The maximum Gasteiger partial charge on any atom is 0.307 e. The van der Waals surface area contributed by atoms with E-state index in [1.807, 2.05) is 13.8 Å². The monoisotopic (exact) mass is 449 g/mol. The van der Waals surface area contributed by atoms with Crippen LogP contribution in [0.2, 0.25) is 5.02 Å². The molecule has 2 N–H and O–H groups in total. The average molecular weight is 450 g/mol. The van der Waals surface area contributed by atoms with Gasteiger partial charge in [-0.2, -0.15) is 4.91 Å². The van der Waals surface area contributed by atoms with Crippen LogP contribution in [0.15, 0.2) is 35.5 Å². The number of phenols is 1. The second-order valence-corrected chi connectivity index (χ2v) is 7.55. The van der Waals surface area contributed by atoms with E-state index in [1.165, 1.54) is 0 Å². The van der Waals surface area contributed by atoms with E-state index in [-0.39, 0.29) is 12.2 Å². The Labute approximate surface area is 186 Å². The highest BCUT2D eigenvalue weighted by atomic mass is 35.5. The summed E-state index contributed by atoms with van der Waals surface area (Å²) in [6.07, 6.45) is 2.44. The van der Waals surface area contributed by atoms with Gasteiger partial charge >= 0.3 is 5.97 Å². The van der Waals surface area contributed by atoms with Gasteiger partial charge in [0.2, 0.25) is 0 Å².